The molecule has 1 amide bonds. The molecule has 0 bridgehead atoms. The molecule has 0 spiro atoms. The number of carbonyl (C=O) groups excluding carboxylic acids is 2. The Hall–Kier alpha value is -2.45. The predicted octanol–water partition coefficient (Wildman–Crippen LogP) is 2.00. The minimum atomic E-state index is -0.511. The Labute approximate surface area is 175 Å². The maximum Gasteiger partial charge on any atom is 0.338 e. The molecule has 1 aromatic rings. The van der Waals surface area contributed by atoms with E-state index in [1.54, 1.807) is 12.1 Å². The number of benzene rings is 1. The zero-order chi connectivity index (χ0) is 20.5. The van der Waals surface area contributed by atoms with Crippen LogP contribution in [0, 0.1) is 0 Å². The number of hydrogen-bond donors (Lipinski definition) is 1. The van der Waals surface area contributed by atoms with E-state index in [4.69, 9.17) is 21.7 Å². The number of ether oxygens (including phenoxy) is 2. The number of hydrogen-bond acceptors (Lipinski definition) is 5. The summed E-state index contributed by atoms with van der Waals surface area (Å²) in [6, 6.07) is 7.02. The second kappa shape index (κ2) is 8.12. The van der Waals surface area contributed by atoms with Gasteiger partial charge in [0.25, 0.3) is 5.91 Å². The number of nitrogens with one attached hydrogen (secondary N) is 1. The summed E-state index contributed by atoms with van der Waals surface area (Å²) in [7, 11) is 1.35. The van der Waals surface area contributed by atoms with E-state index < -0.39 is 12.0 Å². The lowest BCUT2D eigenvalue weighted by atomic mass is 9.90. The van der Waals surface area contributed by atoms with E-state index >= 15 is 0 Å². The molecule has 1 saturated heterocycles. The van der Waals surface area contributed by atoms with Crippen LogP contribution in [-0.2, 0) is 14.3 Å². The van der Waals surface area contributed by atoms with Crippen molar-refractivity contribution < 1.29 is 19.1 Å². The Balaban J connectivity index is 1.80. The summed E-state index contributed by atoms with van der Waals surface area (Å²) in [6.07, 6.45) is 2.11. The Kier molecular flexibility index (Phi) is 5.56. The average Bonchev–Trinajstić information content (AvgIpc) is 3.58. The summed E-state index contributed by atoms with van der Waals surface area (Å²) in [4.78, 5) is 29.8. The van der Waals surface area contributed by atoms with Gasteiger partial charge in [-0.15, -0.1) is 0 Å². The van der Waals surface area contributed by atoms with Gasteiger partial charge in [0.2, 0.25) is 0 Å². The first-order chi connectivity index (χ1) is 14.0. The van der Waals surface area contributed by atoms with Crippen LogP contribution in [0.1, 0.15) is 41.7 Å². The first-order valence-electron chi connectivity index (χ1n) is 9.87. The molecule has 0 aromatic heterocycles. The van der Waals surface area contributed by atoms with Gasteiger partial charge >= 0.3 is 5.97 Å². The zero-order valence-corrected chi connectivity index (χ0v) is 17.5. The number of nitrogens with zero attached hydrogens (tertiary/aromatic N) is 2. The minimum Gasteiger partial charge on any atom is -0.465 e. The quantitative estimate of drug-likeness (QED) is 0.596. The molecule has 1 aromatic carbocycles. The second-order valence-electron chi connectivity index (χ2n) is 7.47. The van der Waals surface area contributed by atoms with E-state index in [1.807, 2.05) is 24.0 Å². The van der Waals surface area contributed by atoms with Gasteiger partial charge in [0.05, 0.1) is 37.5 Å². The number of methoxy groups -OCH3 is 1. The van der Waals surface area contributed by atoms with Gasteiger partial charge in [-0.1, -0.05) is 18.2 Å². The van der Waals surface area contributed by atoms with E-state index in [0.29, 0.717) is 54.2 Å². The van der Waals surface area contributed by atoms with Crippen LogP contribution in [0.5, 0.6) is 0 Å². The Morgan fingerprint density at radius 3 is 2.55 bits per heavy atom. The van der Waals surface area contributed by atoms with Crippen LogP contribution < -0.4 is 5.32 Å². The van der Waals surface area contributed by atoms with Gasteiger partial charge in [0.1, 0.15) is 0 Å². The van der Waals surface area contributed by atoms with Gasteiger partial charge in [0.15, 0.2) is 5.11 Å². The largest absolute Gasteiger partial charge is 0.465 e. The molecule has 2 aliphatic heterocycles. The molecule has 154 valence electrons. The lowest BCUT2D eigenvalue weighted by molar-refractivity contribution is -0.131. The number of allylic oxidation sites excluding steroid dienone is 1. The van der Waals surface area contributed by atoms with Crippen LogP contribution in [0.3, 0.4) is 0 Å². The maximum absolute atomic E-state index is 13.6. The van der Waals surface area contributed by atoms with Crippen molar-refractivity contribution in [3.63, 3.8) is 0 Å². The molecular formula is C21H25N3O4S. The van der Waals surface area contributed by atoms with E-state index in [9.17, 15) is 9.59 Å². The molecule has 1 atom stereocenters. The van der Waals surface area contributed by atoms with Crippen molar-refractivity contribution in [2.24, 2.45) is 0 Å². The molecule has 29 heavy (non-hydrogen) atoms. The standard InChI is InChI=1S/C21H25N3O4S/c1-13-17(19(25)23-9-11-28-12-10-23)18(22-21(29)24(13)14-7-8-14)15-5-3-4-6-16(15)20(26)27-2/h3-6,14,18H,7-12H2,1-2H3,(H,22,29). The first kappa shape index (κ1) is 19.8. The van der Waals surface area contributed by atoms with Gasteiger partial charge in [-0.25, -0.2) is 4.79 Å². The Morgan fingerprint density at radius 1 is 1.21 bits per heavy atom. The zero-order valence-electron chi connectivity index (χ0n) is 16.6. The van der Waals surface area contributed by atoms with Crippen LogP contribution in [0.4, 0.5) is 0 Å². The van der Waals surface area contributed by atoms with E-state index in [2.05, 4.69) is 10.2 Å². The highest BCUT2D eigenvalue weighted by Gasteiger charge is 2.42. The molecule has 7 nitrogen and oxygen atoms in total. The van der Waals surface area contributed by atoms with E-state index in [0.717, 1.165) is 18.5 Å². The van der Waals surface area contributed by atoms with Gasteiger partial charge in [0, 0.05) is 24.8 Å². The molecular weight excluding hydrogens is 390 g/mol. The number of amides is 1. The number of thiocarbonyl (C=S) groups is 1. The van der Waals surface area contributed by atoms with Crippen LogP contribution in [0.15, 0.2) is 35.5 Å². The molecule has 1 saturated carbocycles. The molecule has 4 rings (SSSR count). The number of carbonyl (C=O) groups is 2. The number of rotatable bonds is 4. The third-order valence-corrected chi connectivity index (χ3v) is 5.96. The fraction of sp³-hybridized carbons (Fsp3) is 0.476. The highest BCUT2D eigenvalue weighted by molar-refractivity contribution is 7.80. The molecule has 1 N–H and O–H groups in total. The fourth-order valence-electron chi connectivity index (χ4n) is 4.02. The van der Waals surface area contributed by atoms with Crippen molar-refractivity contribution in [1.29, 1.82) is 0 Å². The maximum atomic E-state index is 13.6. The molecule has 3 aliphatic rings. The van der Waals surface area contributed by atoms with Gasteiger partial charge in [-0.05, 0) is 43.6 Å². The van der Waals surface area contributed by atoms with Crippen molar-refractivity contribution in [2.45, 2.75) is 31.8 Å². The summed E-state index contributed by atoms with van der Waals surface area (Å²) in [5, 5.41) is 3.93. The summed E-state index contributed by atoms with van der Waals surface area (Å²) >= 11 is 5.65. The predicted molar refractivity (Wildman–Crippen MR) is 111 cm³/mol. The van der Waals surface area contributed by atoms with Crippen LogP contribution in [-0.4, -0.2) is 66.2 Å². The average molecular weight is 416 g/mol. The Bertz CT molecular complexity index is 874. The molecule has 0 radical (unpaired) electrons. The van der Waals surface area contributed by atoms with Crippen molar-refractivity contribution in [2.75, 3.05) is 33.4 Å². The summed E-state index contributed by atoms with van der Waals surface area (Å²) < 4.78 is 10.4. The smallest absolute Gasteiger partial charge is 0.338 e. The Morgan fingerprint density at radius 2 is 1.90 bits per heavy atom. The van der Waals surface area contributed by atoms with Gasteiger partial charge in [-0.3, -0.25) is 4.79 Å². The van der Waals surface area contributed by atoms with Crippen LogP contribution in [0.25, 0.3) is 0 Å². The summed E-state index contributed by atoms with van der Waals surface area (Å²) in [5.41, 5.74) is 2.60. The fourth-order valence-corrected chi connectivity index (χ4v) is 4.43. The molecule has 8 heteroatoms. The molecule has 1 aliphatic carbocycles. The number of morpholine rings is 1. The third-order valence-electron chi connectivity index (χ3n) is 5.64. The van der Waals surface area contributed by atoms with Crippen molar-refractivity contribution in [3.05, 3.63) is 46.7 Å². The lowest BCUT2D eigenvalue weighted by Gasteiger charge is -2.40. The highest BCUT2D eigenvalue weighted by Crippen LogP contribution is 2.39. The van der Waals surface area contributed by atoms with Crippen LogP contribution >= 0.6 is 12.2 Å². The monoisotopic (exact) mass is 415 g/mol. The minimum absolute atomic E-state index is 0.0453. The number of esters is 1. The SMILES string of the molecule is COC(=O)c1ccccc1C1NC(=S)N(C2CC2)C(C)=C1C(=O)N1CCOCC1. The van der Waals surface area contributed by atoms with Crippen molar-refractivity contribution >= 4 is 29.2 Å². The van der Waals surface area contributed by atoms with Crippen LogP contribution in [0.2, 0.25) is 0 Å². The topological polar surface area (TPSA) is 71.1 Å². The summed E-state index contributed by atoms with van der Waals surface area (Å²) in [5.74, 6) is -0.482. The lowest BCUT2D eigenvalue weighted by Crippen LogP contribution is -2.51. The van der Waals surface area contributed by atoms with Crippen molar-refractivity contribution in [3.8, 4) is 0 Å². The highest BCUT2D eigenvalue weighted by atomic mass is 32.1. The van der Waals surface area contributed by atoms with Gasteiger partial charge in [-0.2, -0.15) is 0 Å². The normalized spacial score (nSPS) is 22.4. The van der Waals surface area contributed by atoms with E-state index in [-0.39, 0.29) is 5.91 Å². The summed E-state index contributed by atoms with van der Waals surface area (Å²) in [6.45, 7) is 4.11. The molecule has 2 fully saturated rings. The van der Waals surface area contributed by atoms with Crippen molar-refractivity contribution in [1.82, 2.24) is 15.1 Å². The molecule has 1 unspecified atom stereocenters. The second-order valence-corrected chi connectivity index (χ2v) is 7.85. The third kappa shape index (κ3) is 3.74. The molecule has 2 heterocycles. The van der Waals surface area contributed by atoms with Gasteiger partial charge < -0.3 is 24.6 Å². The van der Waals surface area contributed by atoms with E-state index in [1.165, 1.54) is 7.11 Å². The first-order valence-corrected chi connectivity index (χ1v) is 10.3.